The minimum atomic E-state index is -2.59. The molecule has 0 spiro atoms. The Morgan fingerprint density at radius 2 is 1.00 bits per heavy atom. The van der Waals surface area contributed by atoms with E-state index in [0.717, 1.165) is 0 Å². The van der Waals surface area contributed by atoms with Gasteiger partial charge < -0.3 is 13.5 Å². The van der Waals surface area contributed by atoms with Crippen LogP contribution in [0.5, 0.6) is 0 Å². The molecule has 0 aliphatic rings. The molecule has 9 heteroatoms. The van der Waals surface area contributed by atoms with Gasteiger partial charge in [0.1, 0.15) is 0 Å². The average Bonchev–Trinajstić information content (AvgIpc) is 1.36. The van der Waals surface area contributed by atoms with Gasteiger partial charge in [-0.05, 0) is 0 Å². The van der Waals surface area contributed by atoms with Gasteiger partial charge in [0.15, 0.2) is 0 Å². The molecular weight excluding hydrogens is 206 g/mol. The standard InChI is InChI=1S/2Na.H2O4S2.S/c;;1-5(2)6(3)4;/h;;(H,1,2)(H,3,4);/q2*+1;;-2. The van der Waals surface area contributed by atoms with E-state index in [1.54, 1.807) is 0 Å². The average molecular weight is 208 g/mol. The largest absolute Gasteiger partial charge is 2.00 e. The second-order valence-electron chi connectivity index (χ2n) is 0.434. The van der Waals surface area contributed by atoms with E-state index in [1.807, 2.05) is 0 Å². The van der Waals surface area contributed by atoms with Crippen molar-refractivity contribution in [1.82, 2.24) is 0 Å². The van der Waals surface area contributed by atoms with Crippen LogP contribution < -0.4 is 59.1 Å². The predicted molar refractivity (Wildman–Crippen MR) is 28.9 cm³/mol. The van der Waals surface area contributed by atoms with Crippen LogP contribution in [0.2, 0.25) is 0 Å². The third-order valence-electron chi connectivity index (χ3n) is 0.122. The molecule has 0 aromatic rings. The van der Waals surface area contributed by atoms with E-state index in [4.69, 9.17) is 9.11 Å². The van der Waals surface area contributed by atoms with Crippen LogP contribution in [-0.2, 0) is 33.7 Å². The molecule has 2 unspecified atom stereocenters. The van der Waals surface area contributed by atoms with E-state index < -0.39 is 20.2 Å². The van der Waals surface area contributed by atoms with Crippen LogP contribution in [0.15, 0.2) is 0 Å². The van der Waals surface area contributed by atoms with Crippen molar-refractivity contribution in [3.63, 3.8) is 0 Å². The molecule has 0 heterocycles. The Morgan fingerprint density at radius 1 is 0.889 bits per heavy atom. The first-order valence-electron chi connectivity index (χ1n) is 0.865. The molecule has 0 aliphatic carbocycles. The molecule has 0 aliphatic heterocycles. The van der Waals surface area contributed by atoms with E-state index in [0.29, 0.717) is 0 Å². The fraction of sp³-hybridized carbons (Fsp3) is 0. The fourth-order valence-electron chi connectivity index (χ4n) is 0. The molecule has 4 nitrogen and oxygen atoms in total. The van der Waals surface area contributed by atoms with Gasteiger partial charge in [0.25, 0.3) is 20.2 Å². The van der Waals surface area contributed by atoms with Gasteiger partial charge in [0.05, 0.1) is 0 Å². The Balaban J connectivity index is -0.0000000417. The maximum atomic E-state index is 9.26. The first-order chi connectivity index (χ1) is 2.64. The van der Waals surface area contributed by atoms with Crippen molar-refractivity contribution in [1.29, 1.82) is 0 Å². The smallest absolute Gasteiger partial charge is 1.00 e. The molecule has 2 atom stereocenters. The SMILES string of the molecule is O=S(O)S(=O)O.[Na+].[Na+].[S-2]. The molecule has 0 saturated carbocycles. The van der Waals surface area contributed by atoms with Gasteiger partial charge in [0, 0.05) is 0 Å². The van der Waals surface area contributed by atoms with E-state index >= 15 is 0 Å². The van der Waals surface area contributed by atoms with E-state index in [9.17, 15) is 8.42 Å². The summed E-state index contributed by atoms with van der Waals surface area (Å²) >= 11 is 0. The summed E-state index contributed by atoms with van der Waals surface area (Å²) < 4.78 is 33.6. The van der Waals surface area contributed by atoms with Gasteiger partial charge in [-0.25, -0.2) is 8.42 Å². The first kappa shape index (κ1) is 22.6. The summed E-state index contributed by atoms with van der Waals surface area (Å²) in [7, 11) is -5.18. The first-order valence-corrected chi connectivity index (χ1v) is 3.60. The Bertz CT molecular complexity index is 79.8. The summed E-state index contributed by atoms with van der Waals surface area (Å²) in [5, 5.41) is 0. The van der Waals surface area contributed by atoms with Crippen molar-refractivity contribution in [2.75, 3.05) is 0 Å². The summed E-state index contributed by atoms with van der Waals surface area (Å²) in [6, 6.07) is 0. The fourth-order valence-corrected chi connectivity index (χ4v) is 0. The minimum absolute atomic E-state index is 0. The summed E-state index contributed by atoms with van der Waals surface area (Å²) in [5.74, 6) is 0. The molecule has 0 saturated heterocycles. The monoisotopic (exact) mass is 208 g/mol. The van der Waals surface area contributed by atoms with Gasteiger partial charge in [-0.3, -0.25) is 9.11 Å². The summed E-state index contributed by atoms with van der Waals surface area (Å²) in [5.41, 5.74) is 0. The summed E-state index contributed by atoms with van der Waals surface area (Å²) in [6.07, 6.45) is 0. The third kappa shape index (κ3) is 18.0. The zero-order valence-corrected chi connectivity index (χ0v) is 11.4. The Kier molecular flexibility index (Phi) is 33.0. The van der Waals surface area contributed by atoms with Crippen LogP contribution in [0.4, 0.5) is 0 Å². The van der Waals surface area contributed by atoms with Crippen molar-refractivity contribution in [3.05, 3.63) is 0 Å². The quantitative estimate of drug-likeness (QED) is 0.255. The number of rotatable bonds is 1. The maximum absolute atomic E-state index is 9.26. The predicted octanol–water partition coefficient (Wildman–Crippen LogP) is -6.65. The number of hydrogen-bond donors (Lipinski definition) is 2. The van der Waals surface area contributed by atoms with Crippen molar-refractivity contribution in [2.24, 2.45) is 0 Å². The topological polar surface area (TPSA) is 74.6 Å². The van der Waals surface area contributed by atoms with Gasteiger partial charge in [-0.1, -0.05) is 0 Å². The molecule has 9 heavy (non-hydrogen) atoms. The van der Waals surface area contributed by atoms with Crippen LogP contribution in [0.1, 0.15) is 0 Å². The molecule has 0 radical (unpaired) electrons. The Hall–Kier alpha value is 2.57. The van der Waals surface area contributed by atoms with Gasteiger partial charge in [-0.15, -0.1) is 0 Å². The Labute approximate surface area is 109 Å². The normalized spacial score (nSPS) is 13.1. The molecule has 0 amide bonds. The van der Waals surface area contributed by atoms with Crippen LogP contribution in [0, 0.1) is 0 Å². The molecule has 0 fully saturated rings. The van der Waals surface area contributed by atoms with Crippen LogP contribution in [-0.4, -0.2) is 17.5 Å². The summed E-state index contributed by atoms with van der Waals surface area (Å²) in [6.45, 7) is 0. The minimum Gasteiger partial charge on any atom is -2.00 e. The van der Waals surface area contributed by atoms with Crippen LogP contribution in [0.25, 0.3) is 0 Å². The second-order valence-corrected chi connectivity index (χ2v) is 3.01. The second kappa shape index (κ2) is 13.2. The third-order valence-corrected chi connectivity index (χ3v) is 1.10. The van der Waals surface area contributed by atoms with Gasteiger partial charge >= 0.3 is 59.1 Å². The maximum Gasteiger partial charge on any atom is 1.00 e. The van der Waals surface area contributed by atoms with Crippen LogP contribution >= 0.6 is 0 Å². The van der Waals surface area contributed by atoms with E-state index in [1.165, 1.54) is 0 Å². The van der Waals surface area contributed by atoms with Crippen molar-refractivity contribution < 1.29 is 76.6 Å². The van der Waals surface area contributed by atoms with Gasteiger partial charge in [-0.2, -0.15) is 0 Å². The van der Waals surface area contributed by atoms with Gasteiger partial charge in [0.2, 0.25) is 0 Å². The molecule has 0 rings (SSSR count). The van der Waals surface area contributed by atoms with Crippen molar-refractivity contribution >= 4 is 33.7 Å². The Morgan fingerprint density at radius 3 is 1.00 bits per heavy atom. The van der Waals surface area contributed by atoms with E-state index in [2.05, 4.69) is 0 Å². The molecule has 0 aromatic heterocycles. The zero-order chi connectivity index (χ0) is 5.15. The summed E-state index contributed by atoms with van der Waals surface area (Å²) in [4.78, 5) is 0. The zero-order valence-electron chi connectivity index (χ0n) is 4.94. The van der Waals surface area contributed by atoms with Crippen molar-refractivity contribution in [3.8, 4) is 0 Å². The van der Waals surface area contributed by atoms with E-state index in [-0.39, 0.29) is 72.6 Å². The van der Waals surface area contributed by atoms with Crippen LogP contribution in [0.3, 0.4) is 0 Å². The molecule has 0 bridgehead atoms. The molecule has 46 valence electrons. The molecular formula is H2Na2O4S3. The van der Waals surface area contributed by atoms with Crippen molar-refractivity contribution in [2.45, 2.75) is 0 Å². The number of hydrogen-bond acceptors (Lipinski definition) is 2. The molecule has 2 N–H and O–H groups in total. The molecule has 0 aromatic carbocycles.